The van der Waals surface area contributed by atoms with Crippen LogP contribution < -0.4 is 0 Å². The Morgan fingerprint density at radius 2 is 1.50 bits per heavy atom. The van der Waals surface area contributed by atoms with Gasteiger partial charge in [0.1, 0.15) is 36.6 Å². The van der Waals surface area contributed by atoms with E-state index in [0.29, 0.717) is 0 Å². The maximum Gasteiger partial charge on any atom is 0.232 e. The van der Waals surface area contributed by atoms with Gasteiger partial charge in [-0.2, -0.15) is 0 Å². The molecule has 130 valence electrons. The van der Waals surface area contributed by atoms with Gasteiger partial charge in [0.05, 0.1) is 13.2 Å². The van der Waals surface area contributed by atoms with Crippen LogP contribution in [0.4, 0.5) is 0 Å². The zero-order chi connectivity index (χ0) is 16.9. The van der Waals surface area contributed by atoms with Crippen molar-refractivity contribution in [2.24, 2.45) is 0 Å². The lowest BCUT2D eigenvalue weighted by Crippen LogP contribution is -2.81. The zero-order valence-electron chi connectivity index (χ0n) is 11.3. The van der Waals surface area contributed by atoms with Crippen molar-refractivity contribution in [2.45, 2.75) is 54.3 Å². The molecule has 2 aliphatic heterocycles. The van der Waals surface area contributed by atoms with E-state index in [1.54, 1.807) is 0 Å². The van der Waals surface area contributed by atoms with Crippen molar-refractivity contribution >= 4 is 0 Å². The highest BCUT2D eigenvalue weighted by Crippen LogP contribution is 2.42. The van der Waals surface area contributed by atoms with E-state index >= 15 is 0 Å². The second-order valence-corrected chi connectivity index (χ2v) is 5.48. The van der Waals surface area contributed by atoms with E-state index in [-0.39, 0.29) is 0 Å². The van der Waals surface area contributed by atoms with Crippen LogP contribution >= 0.6 is 0 Å². The molecule has 11 heteroatoms. The van der Waals surface area contributed by atoms with Gasteiger partial charge in [0, 0.05) is 0 Å². The summed E-state index contributed by atoms with van der Waals surface area (Å²) in [6, 6.07) is 0. The fourth-order valence-electron chi connectivity index (χ4n) is 2.69. The Kier molecular flexibility index (Phi) is 4.79. The highest BCUT2D eigenvalue weighted by atomic mass is 16.7. The second-order valence-electron chi connectivity index (χ2n) is 5.48. The SMILES string of the molecule is OC[C@H]1OC(O)[C@](O)(C2(O)OC[C@@H](O)[C@H](O)[C@H]2O)[C@@H](O)[C@@H]1O. The molecule has 9 atom stereocenters. The molecule has 0 saturated carbocycles. The first-order valence-electron chi connectivity index (χ1n) is 6.54. The summed E-state index contributed by atoms with van der Waals surface area (Å²) < 4.78 is 9.45. The molecule has 2 heterocycles. The van der Waals surface area contributed by atoms with Crippen LogP contribution in [0.1, 0.15) is 0 Å². The molecule has 11 nitrogen and oxygen atoms in total. The fraction of sp³-hybridized carbons (Fsp3) is 1.00. The summed E-state index contributed by atoms with van der Waals surface area (Å²) in [5.74, 6) is -3.16. The quantitative estimate of drug-likeness (QED) is 0.233. The van der Waals surface area contributed by atoms with Crippen LogP contribution in [0, 0.1) is 0 Å². The average Bonchev–Trinajstić information content (AvgIpc) is 2.50. The molecule has 9 N–H and O–H groups in total. The Morgan fingerprint density at radius 3 is 2.05 bits per heavy atom. The van der Waals surface area contributed by atoms with E-state index in [1.165, 1.54) is 0 Å². The lowest BCUT2D eigenvalue weighted by molar-refractivity contribution is -0.450. The van der Waals surface area contributed by atoms with Crippen LogP contribution in [-0.4, -0.2) is 113 Å². The fourth-order valence-corrected chi connectivity index (χ4v) is 2.69. The van der Waals surface area contributed by atoms with Gasteiger partial charge in [-0.05, 0) is 0 Å². The highest BCUT2D eigenvalue weighted by Gasteiger charge is 2.71. The number of rotatable bonds is 2. The topological polar surface area (TPSA) is 201 Å². The predicted octanol–water partition coefficient (Wildman–Crippen LogP) is -6.05. The minimum Gasteiger partial charge on any atom is -0.394 e. The third-order valence-corrected chi connectivity index (χ3v) is 4.18. The van der Waals surface area contributed by atoms with Gasteiger partial charge in [0.2, 0.25) is 11.4 Å². The molecule has 0 radical (unpaired) electrons. The molecule has 2 fully saturated rings. The van der Waals surface area contributed by atoms with Crippen molar-refractivity contribution < 1.29 is 55.4 Å². The normalized spacial score (nSPS) is 56.9. The molecule has 0 aliphatic carbocycles. The summed E-state index contributed by atoms with van der Waals surface area (Å²) in [6.07, 6.45) is -14.0. The summed E-state index contributed by atoms with van der Waals surface area (Å²) in [5.41, 5.74) is -3.17. The van der Waals surface area contributed by atoms with Crippen LogP contribution in [0.25, 0.3) is 0 Å². The van der Waals surface area contributed by atoms with Gasteiger partial charge >= 0.3 is 0 Å². The van der Waals surface area contributed by atoms with Crippen molar-refractivity contribution in [3.63, 3.8) is 0 Å². The van der Waals surface area contributed by atoms with Crippen LogP contribution in [-0.2, 0) is 9.47 Å². The Bertz CT molecular complexity index is 407. The number of hydrogen-bond donors (Lipinski definition) is 9. The number of aliphatic hydroxyl groups is 9. The Hall–Kier alpha value is -0.440. The van der Waals surface area contributed by atoms with Crippen LogP contribution in [0.2, 0.25) is 0 Å². The lowest BCUT2D eigenvalue weighted by atomic mass is 9.75. The summed E-state index contributed by atoms with van der Waals surface area (Å²) in [7, 11) is 0. The van der Waals surface area contributed by atoms with Gasteiger partial charge < -0.3 is 55.4 Å². The zero-order valence-corrected chi connectivity index (χ0v) is 11.3. The molecular formula is C11H20O11. The Labute approximate surface area is 124 Å². The largest absolute Gasteiger partial charge is 0.394 e. The third kappa shape index (κ3) is 2.26. The highest BCUT2D eigenvalue weighted by molar-refractivity contribution is 5.13. The van der Waals surface area contributed by atoms with Gasteiger partial charge in [-0.25, -0.2) is 0 Å². The van der Waals surface area contributed by atoms with E-state index in [0.717, 1.165) is 0 Å². The van der Waals surface area contributed by atoms with Crippen LogP contribution in [0.5, 0.6) is 0 Å². The molecule has 0 aromatic rings. The second kappa shape index (κ2) is 5.89. The molecule has 22 heavy (non-hydrogen) atoms. The molecule has 0 bridgehead atoms. The number of ether oxygens (including phenoxy) is 2. The van der Waals surface area contributed by atoms with Crippen molar-refractivity contribution in [1.82, 2.24) is 0 Å². The standard InChI is InChI=1S/C11H20O11/c12-1-4-6(15)7(16)10(19,9(18)22-4)11(20)8(17)5(14)3(13)2-21-11/h3-9,12-20H,1-2H2/t3-,4-,5+,6-,7+,8-,9?,10+,11?/m1/s1. The summed E-state index contributed by atoms with van der Waals surface area (Å²) in [6.45, 7) is -1.55. The monoisotopic (exact) mass is 328 g/mol. The molecule has 2 unspecified atom stereocenters. The van der Waals surface area contributed by atoms with Gasteiger partial charge in [-0.3, -0.25) is 0 Å². The summed E-state index contributed by atoms with van der Waals surface area (Å²) in [5, 5.41) is 88.3. The van der Waals surface area contributed by atoms with Crippen molar-refractivity contribution in [3.8, 4) is 0 Å². The first-order chi connectivity index (χ1) is 10.1. The average molecular weight is 328 g/mol. The van der Waals surface area contributed by atoms with E-state index in [1.807, 2.05) is 0 Å². The van der Waals surface area contributed by atoms with Crippen molar-refractivity contribution in [3.05, 3.63) is 0 Å². The Balaban J connectivity index is 2.39. The van der Waals surface area contributed by atoms with Gasteiger partial charge in [0.25, 0.3) is 0 Å². The van der Waals surface area contributed by atoms with Crippen LogP contribution in [0.3, 0.4) is 0 Å². The molecule has 0 amide bonds. The molecule has 0 aromatic carbocycles. The van der Waals surface area contributed by atoms with Gasteiger partial charge in [-0.15, -0.1) is 0 Å². The molecule has 0 aromatic heterocycles. The maximum atomic E-state index is 10.5. The van der Waals surface area contributed by atoms with Crippen molar-refractivity contribution in [2.75, 3.05) is 13.2 Å². The third-order valence-electron chi connectivity index (χ3n) is 4.18. The molecule has 2 aliphatic rings. The van der Waals surface area contributed by atoms with E-state index < -0.39 is 67.5 Å². The van der Waals surface area contributed by atoms with Crippen molar-refractivity contribution in [1.29, 1.82) is 0 Å². The molecule has 2 saturated heterocycles. The van der Waals surface area contributed by atoms with Gasteiger partial charge in [0.15, 0.2) is 6.29 Å². The number of hydrogen-bond acceptors (Lipinski definition) is 11. The predicted molar refractivity (Wildman–Crippen MR) is 63.9 cm³/mol. The van der Waals surface area contributed by atoms with E-state index in [2.05, 4.69) is 0 Å². The summed E-state index contributed by atoms with van der Waals surface area (Å²) in [4.78, 5) is 0. The lowest BCUT2D eigenvalue weighted by Gasteiger charge is -2.56. The molecular weight excluding hydrogens is 308 g/mol. The van der Waals surface area contributed by atoms with E-state index in [4.69, 9.17) is 14.6 Å². The summed E-state index contributed by atoms with van der Waals surface area (Å²) >= 11 is 0. The first kappa shape index (κ1) is 17.9. The maximum absolute atomic E-state index is 10.5. The van der Waals surface area contributed by atoms with E-state index in [9.17, 15) is 40.9 Å². The first-order valence-corrected chi connectivity index (χ1v) is 6.54. The molecule has 0 spiro atoms. The van der Waals surface area contributed by atoms with Gasteiger partial charge in [-0.1, -0.05) is 0 Å². The minimum absolute atomic E-state index is 0.740. The molecule has 2 rings (SSSR count). The number of aliphatic hydroxyl groups excluding tert-OH is 7. The smallest absolute Gasteiger partial charge is 0.232 e. The minimum atomic E-state index is -3.17. The van der Waals surface area contributed by atoms with Crippen LogP contribution in [0.15, 0.2) is 0 Å². The Morgan fingerprint density at radius 1 is 0.909 bits per heavy atom.